The van der Waals surface area contributed by atoms with Crippen molar-refractivity contribution in [2.75, 3.05) is 11.9 Å². The molecule has 3 nitrogen and oxygen atoms in total. The summed E-state index contributed by atoms with van der Waals surface area (Å²) >= 11 is 3.58. The number of rotatable bonds is 5. The van der Waals surface area contributed by atoms with Crippen LogP contribution in [-0.2, 0) is 6.54 Å². The lowest BCUT2D eigenvalue weighted by atomic mass is 10.2. The molecule has 1 aliphatic carbocycles. The summed E-state index contributed by atoms with van der Waals surface area (Å²) in [6.07, 6.45) is 9.69. The van der Waals surface area contributed by atoms with Crippen molar-refractivity contribution in [2.45, 2.75) is 38.3 Å². The van der Waals surface area contributed by atoms with Gasteiger partial charge in [0.05, 0.1) is 5.69 Å². The standard InChI is InChI=1S/C15H20BrN3/c16-8-10-18(14-5-1-2-6-14)11-13-12-19-9-4-3-7-15(19)17-13/h3-4,7,9,12,14H,1-2,5-6,8,10-11H2. The number of aromatic nitrogens is 2. The Labute approximate surface area is 122 Å². The van der Waals surface area contributed by atoms with Gasteiger partial charge >= 0.3 is 0 Å². The first-order valence-electron chi connectivity index (χ1n) is 7.09. The molecule has 3 rings (SSSR count). The van der Waals surface area contributed by atoms with Gasteiger partial charge in [-0.3, -0.25) is 4.90 Å². The minimum atomic E-state index is 0.752. The molecule has 102 valence electrons. The highest BCUT2D eigenvalue weighted by molar-refractivity contribution is 9.09. The van der Waals surface area contributed by atoms with Crippen LogP contribution in [0.5, 0.6) is 0 Å². The van der Waals surface area contributed by atoms with Crippen LogP contribution in [0.4, 0.5) is 0 Å². The molecule has 0 spiro atoms. The van der Waals surface area contributed by atoms with Crippen LogP contribution in [0.25, 0.3) is 5.65 Å². The number of hydrogen-bond acceptors (Lipinski definition) is 2. The number of pyridine rings is 1. The lowest BCUT2D eigenvalue weighted by Crippen LogP contribution is -2.34. The molecule has 0 unspecified atom stereocenters. The molecule has 2 aromatic heterocycles. The lowest BCUT2D eigenvalue weighted by molar-refractivity contribution is 0.200. The quantitative estimate of drug-likeness (QED) is 0.786. The molecule has 1 aliphatic rings. The fraction of sp³-hybridized carbons (Fsp3) is 0.533. The third-order valence-corrected chi connectivity index (χ3v) is 4.35. The zero-order valence-electron chi connectivity index (χ0n) is 11.1. The van der Waals surface area contributed by atoms with E-state index in [0.717, 1.165) is 30.1 Å². The molecule has 0 bridgehead atoms. The maximum absolute atomic E-state index is 4.71. The highest BCUT2D eigenvalue weighted by Crippen LogP contribution is 2.24. The Kier molecular flexibility index (Phi) is 4.18. The van der Waals surface area contributed by atoms with E-state index in [-0.39, 0.29) is 0 Å². The Morgan fingerprint density at radius 3 is 2.89 bits per heavy atom. The molecule has 2 aromatic rings. The lowest BCUT2D eigenvalue weighted by Gasteiger charge is -2.27. The number of alkyl halides is 1. The molecule has 1 fully saturated rings. The average molecular weight is 322 g/mol. The summed E-state index contributed by atoms with van der Waals surface area (Å²) in [7, 11) is 0. The van der Waals surface area contributed by atoms with Crippen molar-refractivity contribution in [3.8, 4) is 0 Å². The monoisotopic (exact) mass is 321 g/mol. The van der Waals surface area contributed by atoms with Crippen LogP contribution in [0.3, 0.4) is 0 Å². The van der Waals surface area contributed by atoms with E-state index in [2.05, 4.69) is 43.7 Å². The van der Waals surface area contributed by atoms with Gasteiger partial charge in [-0.05, 0) is 25.0 Å². The second-order valence-corrected chi connectivity index (χ2v) is 6.09. The van der Waals surface area contributed by atoms with Gasteiger partial charge in [0, 0.05) is 36.9 Å². The van der Waals surface area contributed by atoms with Crippen molar-refractivity contribution in [2.24, 2.45) is 0 Å². The largest absolute Gasteiger partial charge is 0.307 e. The number of fused-ring (bicyclic) bond motifs is 1. The highest BCUT2D eigenvalue weighted by Gasteiger charge is 2.22. The zero-order chi connectivity index (χ0) is 13.1. The Bertz CT molecular complexity index is 498. The molecule has 2 heterocycles. The van der Waals surface area contributed by atoms with Crippen molar-refractivity contribution in [3.05, 3.63) is 36.3 Å². The first-order valence-corrected chi connectivity index (χ1v) is 8.21. The van der Waals surface area contributed by atoms with Gasteiger partial charge in [0.1, 0.15) is 5.65 Å². The summed E-state index contributed by atoms with van der Waals surface area (Å²) < 4.78 is 2.11. The first-order chi connectivity index (χ1) is 9.36. The highest BCUT2D eigenvalue weighted by atomic mass is 79.9. The summed E-state index contributed by atoms with van der Waals surface area (Å²) in [5.74, 6) is 0. The van der Waals surface area contributed by atoms with Crippen molar-refractivity contribution in [1.82, 2.24) is 14.3 Å². The molecule has 19 heavy (non-hydrogen) atoms. The maximum atomic E-state index is 4.71. The number of nitrogens with zero attached hydrogens (tertiary/aromatic N) is 3. The van der Waals surface area contributed by atoms with E-state index < -0.39 is 0 Å². The maximum Gasteiger partial charge on any atom is 0.137 e. The molecule has 0 atom stereocenters. The Balaban J connectivity index is 1.76. The second-order valence-electron chi connectivity index (χ2n) is 5.30. The third kappa shape index (κ3) is 3.00. The Morgan fingerprint density at radius 1 is 1.32 bits per heavy atom. The minimum absolute atomic E-state index is 0.752. The predicted octanol–water partition coefficient (Wildman–Crippen LogP) is 3.47. The SMILES string of the molecule is BrCCN(Cc1cn2ccccc2n1)C1CCCC1. The van der Waals surface area contributed by atoms with Gasteiger partial charge in [0.2, 0.25) is 0 Å². The van der Waals surface area contributed by atoms with Crippen LogP contribution >= 0.6 is 15.9 Å². The summed E-state index contributed by atoms with van der Waals surface area (Å²) in [4.78, 5) is 7.30. The molecular formula is C15H20BrN3. The summed E-state index contributed by atoms with van der Waals surface area (Å²) in [6, 6.07) is 6.90. The van der Waals surface area contributed by atoms with E-state index in [1.54, 1.807) is 0 Å². The fourth-order valence-corrected chi connectivity index (χ4v) is 3.50. The fourth-order valence-electron chi connectivity index (χ4n) is 3.04. The van der Waals surface area contributed by atoms with Crippen LogP contribution in [0, 0.1) is 0 Å². The smallest absolute Gasteiger partial charge is 0.137 e. The van der Waals surface area contributed by atoms with E-state index in [1.165, 1.54) is 31.4 Å². The molecule has 4 heteroatoms. The van der Waals surface area contributed by atoms with Crippen molar-refractivity contribution >= 4 is 21.6 Å². The zero-order valence-corrected chi connectivity index (χ0v) is 12.7. The van der Waals surface area contributed by atoms with Gasteiger partial charge in [-0.25, -0.2) is 4.98 Å². The van der Waals surface area contributed by atoms with E-state index in [1.807, 2.05) is 12.1 Å². The van der Waals surface area contributed by atoms with Gasteiger partial charge in [-0.1, -0.05) is 34.8 Å². The Hall–Kier alpha value is -0.870. The average Bonchev–Trinajstić information content (AvgIpc) is 3.07. The van der Waals surface area contributed by atoms with Crippen LogP contribution in [-0.4, -0.2) is 32.2 Å². The number of imidazole rings is 1. The number of hydrogen-bond donors (Lipinski definition) is 0. The second kappa shape index (κ2) is 6.06. The van der Waals surface area contributed by atoms with Crippen molar-refractivity contribution < 1.29 is 0 Å². The molecule has 0 N–H and O–H groups in total. The van der Waals surface area contributed by atoms with Crippen LogP contribution in [0.1, 0.15) is 31.4 Å². The summed E-state index contributed by atoms with van der Waals surface area (Å²) in [6.45, 7) is 2.08. The van der Waals surface area contributed by atoms with Crippen LogP contribution in [0.2, 0.25) is 0 Å². The molecule has 0 saturated heterocycles. The first kappa shape index (κ1) is 13.1. The van der Waals surface area contributed by atoms with Gasteiger partial charge in [-0.2, -0.15) is 0 Å². The van der Waals surface area contributed by atoms with Crippen LogP contribution in [0.15, 0.2) is 30.6 Å². The van der Waals surface area contributed by atoms with E-state index in [9.17, 15) is 0 Å². The Morgan fingerprint density at radius 2 is 2.16 bits per heavy atom. The summed E-state index contributed by atoms with van der Waals surface area (Å²) in [5.41, 5.74) is 2.22. The van der Waals surface area contributed by atoms with Crippen LogP contribution < -0.4 is 0 Å². The van der Waals surface area contributed by atoms with E-state index in [4.69, 9.17) is 4.98 Å². The minimum Gasteiger partial charge on any atom is -0.307 e. The normalized spacial score (nSPS) is 16.7. The van der Waals surface area contributed by atoms with Crippen molar-refractivity contribution in [3.63, 3.8) is 0 Å². The van der Waals surface area contributed by atoms with Gasteiger partial charge < -0.3 is 4.40 Å². The third-order valence-electron chi connectivity index (χ3n) is 3.99. The molecule has 0 aliphatic heterocycles. The molecular weight excluding hydrogens is 302 g/mol. The topological polar surface area (TPSA) is 20.5 Å². The van der Waals surface area contributed by atoms with E-state index in [0.29, 0.717) is 0 Å². The van der Waals surface area contributed by atoms with E-state index >= 15 is 0 Å². The van der Waals surface area contributed by atoms with Crippen molar-refractivity contribution in [1.29, 1.82) is 0 Å². The molecule has 0 amide bonds. The van der Waals surface area contributed by atoms with Gasteiger partial charge in [-0.15, -0.1) is 0 Å². The molecule has 1 saturated carbocycles. The summed E-state index contributed by atoms with van der Waals surface area (Å²) in [5, 5.41) is 1.04. The molecule has 0 radical (unpaired) electrons. The van der Waals surface area contributed by atoms with Gasteiger partial charge in [0.25, 0.3) is 0 Å². The number of halogens is 1. The molecule has 0 aromatic carbocycles. The predicted molar refractivity (Wildman–Crippen MR) is 81.7 cm³/mol. The van der Waals surface area contributed by atoms with Gasteiger partial charge in [0.15, 0.2) is 0 Å².